The molecule has 0 radical (unpaired) electrons. The molecule has 7 heteroatoms. The first kappa shape index (κ1) is 14.5. The Balaban J connectivity index is 2.45. The minimum absolute atomic E-state index is 0.0735. The van der Waals surface area contributed by atoms with E-state index in [1.54, 1.807) is 0 Å². The van der Waals surface area contributed by atoms with Crippen molar-refractivity contribution in [1.29, 1.82) is 0 Å². The minimum Gasteiger partial charge on any atom is -0.503 e. The van der Waals surface area contributed by atoms with E-state index in [-0.39, 0.29) is 21.1 Å². The molecule has 20 heavy (non-hydrogen) atoms. The highest BCUT2D eigenvalue weighted by atomic mass is 32.2. The third-order valence-electron chi connectivity index (χ3n) is 2.62. The van der Waals surface area contributed by atoms with Gasteiger partial charge < -0.3 is 10.5 Å². The van der Waals surface area contributed by atoms with E-state index >= 15 is 0 Å². The van der Waals surface area contributed by atoms with E-state index in [9.17, 15) is 18.0 Å². The number of rotatable bonds is 2. The molecule has 0 aromatic heterocycles. The number of Topliss-reactive ketones (excluding diaryl/α,β-unsaturated/α-hetero) is 1. The van der Waals surface area contributed by atoms with Gasteiger partial charge in [0.2, 0.25) is 5.78 Å². The van der Waals surface area contributed by atoms with Gasteiger partial charge in [-0.2, -0.15) is 13.2 Å². The summed E-state index contributed by atoms with van der Waals surface area (Å²) < 4.78 is 42.8. The Hall–Kier alpha value is -1.89. The van der Waals surface area contributed by atoms with Gasteiger partial charge in [-0.1, -0.05) is 23.9 Å². The second-order valence-corrected chi connectivity index (χ2v) is 5.05. The molecule has 0 saturated carbocycles. The van der Waals surface area contributed by atoms with Gasteiger partial charge in [0.15, 0.2) is 0 Å². The average Bonchev–Trinajstić information content (AvgIpc) is 2.64. The van der Waals surface area contributed by atoms with Crippen molar-refractivity contribution in [2.24, 2.45) is 5.73 Å². The van der Waals surface area contributed by atoms with Crippen LogP contribution in [0.2, 0.25) is 0 Å². The minimum atomic E-state index is -4.47. The Morgan fingerprint density at radius 1 is 1.35 bits per heavy atom. The molecule has 1 aromatic rings. The lowest BCUT2D eigenvalue weighted by Gasteiger charge is -2.09. The van der Waals surface area contributed by atoms with Gasteiger partial charge in [0, 0.05) is 0 Å². The first-order chi connectivity index (χ1) is 9.34. The third kappa shape index (κ3) is 2.67. The van der Waals surface area contributed by atoms with Crippen molar-refractivity contribution in [3.05, 3.63) is 51.6 Å². The van der Waals surface area contributed by atoms with Gasteiger partial charge in [-0.15, -0.1) is 0 Å². The SMILES string of the molecule is CO/C=C1/SC(N)=C(c2cccc(C(F)(F)F)c2)C1=O. The first-order valence-corrected chi connectivity index (χ1v) is 6.29. The van der Waals surface area contributed by atoms with Crippen LogP contribution in [-0.4, -0.2) is 12.9 Å². The number of thioether (sulfide) groups is 1. The lowest BCUT2D eigenvalue weighted by Crippen LogP contribution is -2.07. The Labute approximate surface area is 117 Å². The van der Waals surface area contributed by atoms with E-state index in [1.165, 1.54) is 25.5 Å². The predicted octanol–water partition coefficient (Wildman–Crippen LogP) is 3.14. The van der Waals surface area contributed by atoms with Gasteiger partial charge in [0.1, 0.15) is 6.26 Å². The standard InChI is InChI=1S/C13H10F3NO2S/c1-19-6-9-11(18)10(12(17)20-9)7-3-2-4-8(5-7)13(14,15)16/h2-6H,17H2,1H3/b9-6+. The summed E-state index contributed by atoms with van der Waals surface area (Å²) in [7, 11) is 1.37. The molecule has 106 valence electrons. The molecule has 3 nitrogen and oxygen atoms in total. The van der Waals surface area contributed by atoms with Gasteiger partial charge >= 0.3 is 6.18 Å². The highest BCUT2D eigenvalue weighted by Crippen LogP contribution is 2.41. The first-order valence-electron chi connectivity index (χ1n) is 5.47. The Morgan fingerprint density at radius 3 is 2.65 bits per heavy atom. The predicted molar refractivity (Wildman–Crippen MR) is 70.2 cm³/mol. The van der Waals surface area contributed by atoms with Crippen molar-refractivity contribution in [1.82, 2.24) is 0 Å². The summed E-state index contributed by atoms with van der Waals surface area (Å²) in [5.41, 5.74) is 5.12. The molecule has 1 aliphatic rings. The molecule has 1 aliphatic heterocycles. The van der Waals surface area contributed by atoms with E-state index in [2.05, 4.69) is 0 Å². The number of carbonyl (C=O) groups excluding carboxylic acids is 1. The van der Waals surface area contributed by atoms with Crippen LogP contribution in [0.25, 0.3) is 5.57 Å². The zero-order valence-electron chi connectivity index (χ0n) is 10.3. The number of carbonyl (C=O) groups is 1. The second-order valence-electron chi connectivity index (χ2n) is 3.97. The van der Waals surface area contributed by atoms with Crippen molar-refractivity contribution < 1.29 is 22.7 Å². The van der Waals surface area contributed by atoms with Crippen LogP contribution in [0.4, 0.5) is 13.2 Å². The van der Waals surface area contributed by atoms with E-state index in [0.717, 1.165) is 23.9 Å². The van der Waals surface area contributed by atoms with Crippen molar-refractivity contribution in [3.8, 4) is 0 Å². The van der Waals surface area contributed by atoms with Gasteiger partial charge in [0.25, 0.3) is 0 Å². The molecule has 0 fully saturated rings. The summed E-state index contributed by atoms with van der Waals surface area (Å²) in [6.45, 7) is 0. The molecular formula is C13H10F3NO2S. The number of hydrogen-bond donors (Lipinski definition) is 1. The molecule has 0 spiro atoms. The quantitative estimate of drug-likeness (QED) is 0.673. The van der Waals surface area contributed by atoms with Gasteiger partial charge in [-0.25, -0.2) is 0 Å². The molecule has 1 aromatic carbocycles. The summed E-state index contributed by atoms with van der Waals surface area (Å²) in [6, 6.07) is 4.52. The zero-order valence-corrected chi connectivity index (χ0v) is 11.1. The Morgan fingerprint density at radius 2 is 2.05 bits per heavy atom. The summed E-state index contributed by atoms with van der Waals surface area (Å²) in [6.07, 6.45) is -3.24. The number of alkyl halides is 3. The van der Waals surface area contributed by atoms with Crippen molar-refractivity contribution >= 4 is 23.1 Å². The number of methoxy groups -OCH3 is 1. The van der Waals surface area contributed by atoms with E-state index < -0.39 is 17.5 Å². The van der Waals surface area contributed by atoms with Crippen LogP contribution in [0.5, 0.6) is 0 Å². The van der Waals surface area contributed by atoms with Crippen LogP contribution in [0.15, 0.2) is 40.5 Å². The number of ether oxygens (including phenoxy) is 1. The summed E-state index contributed by atoms with van der Waals surface area (Å²) in [5, 5.41) is 0.164. The number of ketones is 1. The van der Waals surface area contributed by atoms with E-state index in [1.807, 2.05) is 0 Å². The van der Waals surface area contributed by atoms with Crippen LogP contribution in [0.1, 0.15) is 11.1 Å². The maximum Gasteiger partial charge on any atom is 0.416 e. The Kier molecular flexibility index (Phi) is 3.80. The smallest absolute Gasteiger partial charge is 0.416 e. The lowest BCUT2D eigenvalue weighted by atomic mass is 10.0. The van der Waals surface area contributed by atoms with Crippen LogP contribution >= 0.6 is 11.8 Å². The second kappa shape index (κ2) is 5.24. The molecule has 0 amide bonds. The summed E-state index contributed by atoms with van der Waals surface area (Å²) in [4.78, 5) is 12.3. The molecule has 1 heterocycles. The number of hydrogen-bond acceptors (Lipinski definition) is 4. The van der Waals surface area contributed by atoms with Crippen molar-refractivity contribution in [2.75, 3.05) is 7.11 Å². The fourth-order valence-corrected chi connectivity index (χ4v) is 2.65. The number of nitrogens with two attached hydrogens (primary N) is 1. The molecule has 0 bridgehead atoms. The van der Waals surface area contributed by atoms with Gasteiger partial charge in [-0.3, -0.25) is 4.79 Å². The fourth-order valence-electron chi connectivity index (χ4n) is 1.76. The van der Waals surface area contributed by atoms with Crippen LogP contribution in [0.3, 0.4) is 0 Å². The highest BCUT2D eigenvalue weighted by molar-refractivity contribution is 8.08. The van der Waals surface area contributed by atoms with Crippen molar-refractivity contribution in [3.63, 3.8) is 0 Å². The maximum absolute atomic E-state index is 12.7. The van der Waals surface area contributed by atoms with E-state index in [4.69, 9.17) is 10.5 Å². The third-order valence-corrected chi connectivity index (χ3v) is 3.55. The van der Waals surface area contributed by atoms with E-state index in [0.29, 0.717) is 0 Å². The lowest BCUT2D eigenvalue weighted by molar-refractivity contribution is -0.137. The average molecular weight is 301 g/mol. The molecule has 2 N–H and O–H groups in total. The molecule has 0 unspecified atom stereocenters. The maximum atomic E-state index is 12.7. The summed E-state index contributed by atoms with van der Waals surface area (Å²) >= 11 is 0.977. The van der Waals surface area contributed by atoms with Gasteiger partial charge in [0.05, 0.1) is 28.2 Å². The fraction of sp³-hybridized carbons (Fsp3) is 0.154. The van der Waals surface area contributed by atoms with Crippen molar-refractivity contribution in [2.45, 2.75) is 6.18 Å². The summed E-state index contributed by atoms with van der Waals surface area (Å²) in [5.74, 6) is -0.436. The molecule has 2 rings (SSSR count). The van der Waals surface area contributed by atoms with Gasteiger partial charge in [-0.05, 0) is 17.7 Å². The molecule has 0 aliphatic carbocycles. The normalized spacial score (nSPS) is 18.0. The van der Waals surface area contributed by atoms with Crippen LogP contribution < -0.4 is 5.73 Å². The number of halogens is 3. The number of allylic oxidation sites excluding steroid dienone is 2. The molecule has 0 atom stereocenters. The molecular weight excluding hydrogens is 291 g/mol. The zero-order chi connectivity index (χ0) is 14.9. The topological polar surface area (TPSA) is 52.3 Å². The largest absolute Gasteiger partial charge is 0.503 e. The number of benzene rings is 1. The van der Waals surface area contributed by atoms with Crippen LogP contribution in [-0.2, 0) is 15.7 Å². The monoisotopic (exact) mass is 301 g/mol. The van der Waals surface area contributed by atoms with Crippen LogP contribution in [0, 0.1) is 0 Å². The Bertz CT molecular complexity index is 620. The highest BCUT2D eigenvalue weighted by Gasteiger charge is 2.33. The molecule has 0 saturated heterocycles.